The van der Waals surface area contributed by atoms with Crippen LogP contribution in [0.1, 0.15) is 57.2 Å². The van der Waals surface area contributed by atoms with Crippen molar-refractivity contribution in [3.63, 3.8) is 0 Å². The minimum Gasteiger partial charge on any atom is -0.493 e. The van der Waals surface area contributed by atoms with E-state index in [4.69, 9.17) is 9.47 Å². The zero-order valence-electron chi connectivity index (χ0n) is 20.8. The number of aliphatic hydroxyl groups is 1. The highest BCUT2D eigenvalue weighted by Gasteiger charge is 2.32. The maximum Gasteiger partial charge on any atom is 0.255 e. The summed E-state index contributed by atoms with van der Waals surface area (Å²) in [6.07, 6.45) is 1.90. The lowest BCUT2D eigenvalue weighted by atomic mass is 9.93. The first-order valence-corrected chi connectivity index (χ1v) is 13.0. The minimum atomic E-state index is -0.733. The Morgan fingerprint density at radius 2 is 2.00 bits per heavy atom. The lowest BCUT2D eigenvalue weighted by Crippen LogP contribution is -2.49. The topological polar surface area (TPSA) is 100 Å². The summed E-state index contributed by atoms with van der Waals surface area (Å²) in [5.74, 6) is 0.512. The van der Waals surface area contributed by atoms with Crippen LogP contribution in [0.15, 0.2) is 36.4 Å². The summed E-state index contributed by atoms with van der Waals surface area (Å²) in [6, 6.07) is 11.5. The van der Waals surface area contributed by atoms with Crippen molar-refractivity contribution in [1.29, 1.82) is 0 Å². The first-order valence-electron chi connectivity index (χ1n) is 13.0. The van der Waals surface area contributed by atoms with Gasteiger partial charge in [-0.25, -0.2) is 0 Å². The van der Waals surface area contributed by atoms with Gasteiger partial charge in [0.05, 0.1) is 18.3 Å². The van der Waals surface area contributed by atoms with Crippen LogP contribution in [-0.2, 0) is 24.2 Å². The molecule has 0 unspecified atom stereocenters. The predicted molar refractivity (Wildman–Crippen MR) is 135 cm³/mol. The zero-order valence-corrected chi connectivity index (χ0v) is 20.8. The molecule has 1 fully saturated rings. The fourth-order valence-electron chi connectivity index (χ4n) is 5.43. The number of fused-ring (bicyclic) bond motifs is 2. The lowest BCUT2D eigenvalue weighted by Gasteiger charge is -2.30. The monoisotopic (exact) mass is 493 g/mol. The average molecular weight is 494 g/mol. The summed E-state index contributed by atoms with van der Waals surface area (Å²) < 4.78 is 11.2. The molecule has 5 rings (SSSR count). The van der Waals surface area contributed by atoms with Crippen molar-refractivity contribution in [3.05, 3.63) is 64.2 Å². The van der Waals surface area contributed by atoms with E-state index >= 15 is 0 Å². The van der Waals surface area contributed by atoms with Crippen LogP contribution in [0, 0.1) is 5.92 Å². The van der Waals surface area contributed by atoms with Gasteiger partial charge in [0, 0.05) is 51.0 Å². The fourth-order valence-corrected chi connectivity index (χ4v) is 5.43. The SMILES string of the molecule is CCOc1cc2c(cc1C(=O)NC[C@@H](O)[C@@H]1Cc3ccccc3CN1)CN(CC1CCOCC1)C2=O. The van der Waals surface area contributed by atoms with Crippen LogP contribution in [0.2, 0.25) is 0 Å². The first-order chi connectivity index (χ1) is 17.5. The van der Waals surface area contributed by atoms with Crippen LogP contribution in [0.4, 0.5) is 0 Å². The number of carbonyl (C=O) groups excluding carboxylic acids is 2. The molecule has 192 valence electrons. The second-order valence-electron chi connectivity index (χ2n) is 9.92. The second kappa shape index (κ2) is 11.0. The molecular formula is C28H35N3O5. The van der Waals surface area contributed by atoms with Gasteiger partial charge in [0.25, 0.3) is 11.8 Å². The second-order valence-corrected chi connectivity index (χ2v) is 9.92. The van der Waals surface area contributed by atoms with E-state index in [2.05, 4.69) is 22.8 Å². The summed E-state index contributed by atoms with van der Waals surface area (Å²) >= 11 is 0. The molecular weight excluding hydrogens is 458 g/mol. The molecule has 2 atom stereocenters. The molecule has 36 heavy (non-hydrogen) atoms. The molecule has 2 aromatic rings. The van der Waals surface area contributed by atoms with Gasteiger partial charge >= 0.3 is 0 Å². The predicted octanol–water partition coefficient (Wildman–Crippen LogP) is 2.27. The van der Waals surface area contributed by atoms with Gasteiger partial charge in [-0.05, 0) is 60.9 Å². The number of benzene rings is 2. The van der Waals surface area contributed by atoms with Crippen molar-refractivity contribution < 1.29 is 24.2 Å². The Kier molecular flexibility index (Phi) is 7.55. The van der Waals surface area contributed by atoms with E-state index < -0.39 is 6.10 Å². The molecule has 3 aliphatic rings. The molecule has 0 aliphatic carbocycles. The van der Waals surface area contributed by atoms with E-state index in [0.717, 1.165) is 31.6 Å². The molecule has 3 N–H and O–H groups in total. The Morgan fingerprint density at radius 1 is 1.22 bits per heavy atom. The molecule has 2 amide bonds. The van der Waals surface area contributed by atoms with Gasteiger partial charge in [0.2, 0.25) is 0 Å². The lowest BCUT2D eigenvalue weighted by molar-refractivity contribution is 0.0469. The van der Waals surface area contributed by atoms with Crippen LogP contribution < -0.4 is 15.4 Å². The Hall–Kier alpha value is -2.94. The van der Waals surface area contributed by atoms with Gasteiger partial charge in [-0.3, -0.25) is 9.59 Å². The molecule has 8 heteroatoms. The smallest absolute Gasteiger partial charge is 0.255 e. The zero-order chi connectivity index (χ0) is 25.1. The number of rotatable bonds is 8. The highest BCUT2D eigenvalue weighted by molar-refractivity contribution is 6.03. The first kappa shape index (κ1) is 24.7. The highest BCUT2D eigenvalue weighted by atomic mass is 16.5. The van der Waals surface area contributed by atoms with E-state index in [1.54, 1.807) is 12.1 Å². The molecule has 0 radical (unpaired) electrons. The number of aliphatic hydroxyl groups excluding tert-OH is 1. The van der Waals surface area contributed by atoms with E-state index in [1.807, 2.05) is 24.0 Å². The summed E-state index contributed by atoms with van der Waals surface area (Å²) in [5.41, 5.74) is 4.30. The number of ether oxygens (including phenoxy) is 2. The highest BCUT2D eigenvalue weighted by Crippen LogP contribution is 2.32. The maximum absolute atomic E-state index is 13.2. The summed E-state index contributed by atoms with van der Waals surface area (Å²) in [7, 11) is 0. The molecule has 0 bridgehead atoms. The number of amides is 2. The van der Waals surface area contributed by atoms with Crippen molar-refractivity contribution >= 4 is 11.8 Å². The van der Waals surface area contributed by atoms with Gasteiger partial charge in [0.15, 0.2) is 0 Å². The number of hydrogen-bond donors (Lipinski definition) is 3. The van der Waals surface area contributed by atoms with Crippen LogP contribution in [0.3, 0.4) is 0 Å². The van der Waals surface area contributed by atoms with E-state index in [0.29, 0.717) is 55.5 Å². The average Bonchev–Trinajstić information content (AvgIpc) is 3.21. The van der Waals surface area contributed by atoms with Gasteiger partial charge in [-0.1, -0.05) is 24.3 Å². The molecule has 8 nitrogen and oxygen atoms in total. The van der Waals surface area contributed by atoms with E-state index in [9.17, 15) is 14.7 Å². The number of hydrogen-bond acceptors (Lipinski definition) is 6. The molecule has 1 saturated heterocycles. The molecule has 3 heterocycles. The Morgan fingerprint density at radius 3 is 2.78 bits per heavy atom. The fraction of sp³-hybridized carbons (Fsp3) is 0.500. The molecule has 3 aliphatic heterocycles. The van der Waals surface area contributed by atoms with Crippen molar-refractivity contribution in [3.8, 4) is 5.75 Å². The quantitative estimate of drug-likeness (QED) is 0.522. The van der Waals surface area contributed by atoms with Gasteiger partial charge in [0.1, 0.15) is 5.75 Å². The Bertz CT molecular complexity index is 1110. The van der Waals surface area contributed by atoms with Gasteiger partial charge in [-0.2, -0.15) is 0 Å². The van der Waals surface area contributed by atoms with E-state index in [1.165, 1.54) is 11.1 Å². The third-order valence-corrected chi connectivity index (χ3v) is 7.50. The molecule has 0 saturated carbocycles. The van der Waals surface area contributed by atoms with Crippen LogP contribution >= 0.6 is 0 Å². The van der Waals surface area contributed by atoms with Crippen LogP contribution in [0.5, 0.6) is 5.75 Å². The van der Waals surface area contributed by atoms with Crippen molar-refractivity contribution in [2.75, 3.05) is 32.9 Å². The minimum absolute atomic E-state index is 0.0107. The third-order valence-electron chi connectivity index (χ3n) is 7.50. The van der Waals surface area contributed by atoms with Gasteiger partial charge in [-0.15, -0.1) is 0 Å². The van der Waals surface area contributed by atoms with Crippen molar-refractivity contribution in [2.45, 2.75) is 51.4 Å². The maximum atomic E-state index is 13.2. The molecule has 0 aromatic heterocycles. The van der Waals surface area contributed by atoms with Crippen molar-refractivity contribution in [2.24, 2.45) is 5.92 Å². The largest absolute Gasteiger partial charge is 0.493 e. The van der Waals surface area contributed by atoms with Gasteiger partial charge < -0.3 is 30.1 Å². The summed E-state index contributed by atoms with van der Waals surface area (Å²) in [6.45, 7) is 5.73. The summed E-state index contributed by atoms with van der Waals surface area (Å²) in [4.78, 5) is 28.1. The number of nitrogens with zero attached hydrogens (tertiary/aromatic N) is 1. The molecule has 2 aromatic carbocycles. The number of nitrogens with one attached hydrogen (secondary N) is 2. The standard InChI is InChI=1S/C28H35N3O5/c1-2-36-26-13-22-21(17-31(28(22)34)16-18-7-9-35-10-8-18)11-23(26)27(33)30-15-25(32)24-12-19-5-3-4-6-20(19)14-29-24/h3-6,11,13,18,24-25,29,32H,2,7-10,12,14-17H2,1H3,(H,30,33)/t24-,25+/m0/s1. The number of carbonyl (C=O) groups is 2. The third kappa shape index (κ3) is 5.26. The van der Waals surface area contributed by atoms with Crippen LogP contribution in [0.25, 0.3) is 0 Å². The Balaban J connectivity index is 1.24. The Labute approximate surface area is 212 Å². The summed E-state index contributed by atoms with van der Waals surface area (Å²) in [5, 5.41) is 17.0. The van der Waals surface area contributed by atoms with Crippen molar-refractivity contribution in [1.82, 2.24) is 15.5 Å². The van der Waals surface area contributed by atoms with E-state index in [-0.39, 0.29) is 24.4 Å². The van der Waals surface area contributed by atoms with Crippen LogP contribution in [-0.4, -0.2) is 66.9 Å². The molecule has 0 spiro atoms. The normalized spacial score (nSPS) is 20.6.